The lowest BCUT2D eigenvalue weighted by molar-refractivity contribution is -0.141. The van der Waals surface area contributed by atoms with E-state index in [4.69, 9.17) is 4.74 Å². The average molecular weight is 445 g/mol. The first-order valence-electron chi connectivity index (χ1n) is 12.8. The Hall–Kier alpha value is -2.42. The number of hydrogen-bond donors (Lipinski definition) is 0. The van der Waals surface area contributed by atoms with Crippen LogP contribution in [0.5, 0.6) is 0 Å². The van der Waals surface area contributed by atoms with Crippen molar-refractivity contribution in [2.45, 2.75) is 70.6 Å². The van der Waals surface area contributed by atoms with E-state index in [0.29, 0.717) is 42.3 Å². The van der Waals surface area contributed by atoms with Gasteiger partial charge >= 0.3 is 5.97 Å². The predicted octanol–water partition coefficient (Wildman–Crippen LogP) is 6.08. The Balaban J connectivity index is 1.34. The number of ether oxygens (including phenoxy) is 1. The third-order valence-electron chi connectivity index (χ3n) is 9.13. The van der Waals surface area contributed by atoms with Crippen molar-refractivity contribution in [1.29, 1.82) is 0 Å². The molecular formula is C30H36O3. The molecule has 3 aliphatic carbocycles. The Bertz CT molecular complexity index is 1030. The molecule has 0 N–H and O–H groups in total. The molecule has 0 heterocycles. The maximum absolute atomic E-state index is 13.1. The standard InChI is InChI=1S/C30H36O3/c1-30-17-16-25-24-13-10-21(9-8-20-6-4-3-5-7-20)18-22(24)11-14-26(25)29(30)23(19-27(30)31)12-15-28(32)33-2/h3-7,10,13,18,23,25-26,29H,8-9,11-12,14-17,19H2,1-2H3/t23-,25-,26-,29+,30-/m1/s1. The summed E-state index contributed by atoms with van der Waals surface area (Å²) in [5.41, 5.74) is 5.69. The molecule has 33 heavy (non-hydrogen) atoms. The summed E-state index contributed by atoms with van der Waals surface area (Å²) in [6.07, 6.45) is 8.40. The number of methoxy groups -OCH3 is 1. The fourth-order valence-corrected chi connectivity index (χ4v) is 7.45. The van der Waals surface area contributed by atoms with E-state index in [1.165, 1.54) is 35.8 Å². The monoisotopic (exact) mass is 444 g/mol. The highest BCUT2D eigenvalue weighted by molar-refractivity contribution is 5.87. The van der Waals surface area contributed by atoms with Crippen LogP contribution in [0.4, 0.5) is 0 Å². The zero-order chi connectivity index (χ0) is 23.0. The fraction of sp³-hybridized carbons (Fsp3) is 0.533. The molecule has 5 rings (SSSR count). The molecule has 0 saturated heterocycles. The number of carbonyl (C=O) groups excluding carboxylic acids is 2. The minimum atomic E-state index is -0.199. The zero-order valence-corrected chi connectivity index (χ0v) is 20.0. The summed E-state index contributed by atoms with van der Waals surface area (Å²) in [7, 11) is 1.45. The van der Waals surface area contributed by atoms with Crippen molar-refractivity contribution in [1.82, 2.24) is 0 Å². The highest BCUT2D eigenvalue weighted by Crippen LogP contribution is 2.62. The summed E-state index contributed by atoms with van der Waals surface area (Å²) < 4.78 is 4.89. The molecule has 174 valence electrons. The van der Waals surface area contributed by atoms with Gasteiger partial charge in [0.15, 0.2) is 0 Å². The van der Waals surface area contributed by atoms with Crippen LogP contribution in [0, 0.1) is 23.2 Å². The van der Waals surface area contributed by atoms with Crippen LogP contribution in [-0.2, 0) is 33.6 Å². The molecule has 0 aliphatic heterocycles. The number of carbonyl (C=O) groups is 2. The first-order chi connectivity index (χ1) is 16.0. The van der Waals surface area contributed by atoms with Gasteiger partial charge in [-0.25, -0.2) is 0 Å². The molecule has 3 nitrogen and oxygen atoms in total. The van der Waals surface area contributed by atoms with E-state index in [2.05, 4.69) is 55.5 Å². The molecule has 2 saturated carbocycles. The number of benzene rings is 2. The Morgan fingerprint density at radius 3 is 2.64 bits per heavy atom. The second kappa shape index (κ2) is 9.08. The highest BCUT2D eigenvalue weighted by atomic mass is 16.5. The molecule has 0 aromatic heterocycles. The number of hydrogen-bond acceptors (Lipinski definition) is 3. The second-order valence-corrected chi connectivity index (χ2v) is 10.8. The van der Waals surface area contributed by atoms with E-state index >= 15 is 0 Å². The Morgan fingerprint density at radius 1 is 1.06 bits per heavy atom. The SMILES string of the molecule is COC(=O)CC[C@@H]1CC(=O)[C@@]2(C)CC[C@@H]3c4ccc(CCc5ccccc5)cc4CC[C@H]3[C@H]12. The molecule has 2 aromatic rings. The van der Waals surface area contributed by atoms with Gasteiger partial charge in [0, 0.05) is 18.3 Å². The van der Waals surface area contributed by atoms with Gasteiger partial charge in [0.1, 0.15) is 5.78 Å². The van der Waals surface area contributed by atoms with Gasteiger partial charge in [-0.1, -0.05) is 55.5 Å². The van der Waals surface area contributed by atoms with Gasteiger partial charge in [-0.2, -0.15) is 0 Å². The van der Waals surface area contributed by atoms with Crippen molar-refractivity contribution in [2.75, 3.05) is 7.11 Å². The summed E-state index contributed by atoms with van der Waals surface area (Å²) >= 11 is 0. The van der Waals surface area contributed by atoms with Gasteiger partial charge in [0.25, 0.3) is 0 Å². The smallest absolute Gasteiger partial charge is 0.305 e. The van der Waals surface area contributed by atoms with Gasteiger partial charge in [-0.3, -0.25) is 9.59 Å². The van der Waals surface area contributed by atoms with E-state index in [1.807, 2.05) is 0 Å². The molecule has 0 bridgehead atoms. The molecule has 3 heteroatoms. The van der Waals surface area contributed by atoms with E-state index in [0.717, 1.165) is 38.5 Å². The van der Waals surface area contributed by atoms with Gasteiger partial charge in [-0.05, 0) is 90.9 Å². The first-order valence-corrected chi connectivity index (χ1v) is 12.8. The van der Waals surface area contributed by atoms with Crippen molar-refractivity contribution in [3.05, 3.63) is 70.8 Å². The Morgan fingerprint density at radius 2 is 1.85 bits per heavy atom. The van der Waals surface area contributed by atoms with E-state index in [1.54, 1.807) is 0 Å². The van der Waals surface area contributed by atoms with Crippen molar-refractivity contribution >= 4 is 11.8 Å². The normalized spacial score (nSPS) is 30.3. The van der Waals surface area contributed by atoms with Crippen LogP contribution in [-0.4, -0.2) is 18.9 Å². The van der Waals surface area contributed by atoms with Crippen LogP contribution in [0.15, 0.2) is 48.5 Å². The lowest BCUT2D eigenvalue weighted by Crippen LogP contribution is -2.44. The van der Waals surface area contributed by atoms with Crippen molar-refractivity contribution in [3.8, 4) is 0 Å². The summed E-state index contributed by atoms with van der Waals surface area (Å²) in [6, 6.07) is 17.9. The van der Waals surface area contributed by atoms with E-state index in [-0.39, 0.29) is 11.4 Å². The average Bonchev–Trinajstić information content (AvgIpc) is 3.11. The highest BCUT2D eigenvalue weighted by Gasteiger charge is 2.58. The van der Waals surface area contributed by atoms with Crippen LogP contribution >= 0.6 is 0 Å². The molecule has 0 radical (unpaired) electrons. The minimum Gasteiger partial charge on any atom is -0.469 e. The number of rotatable bonds is 6. The molecule has 5 atom stereocenters. The van der Waals surface area contributed by atoms with E-state index < -0.39 is 0 Å². The third-order valence-corrected chi connectivity index (χ3v) is 9.13. The van der Waals surface area contributed by atoms with Crippen LogP contribution < -0.4 is 0 Å². The topological polar surface area (TPSA) is 43.4 Å². The van der Waals surface area contributed by atoms with Gasteiger partial charge in [0.2, 0.25) is 0 Å². The van der Waals surface area contributed by atoms with Crippen molar-refractivity contribution in [2.24, 2.45) is 23.2 Å². The van der Waals surface area contributed by atoms with Crippen LogP contribution in [0.2, 0.25) is 0 Å². The van der Waals surface area contributed by atoms with Gasteiger partial charge in [0.05, 0.1) is 7.11 Å². The number of ketones is 1. The quantitative estimate of drug-likeness (QED) is 0.508. The molecule has 2 fully saturated rings. The molecule has 3 aliphatic rings. The molecule has 0 amide bonds. The number of aryl methyl sites for hydroxylation is 3. The number of Topliss-reactive ketones (excluding diaryl/α,β-unsaturated/α-hetero) is 1. The third kappa shape index (κ3) is 4.16. The Kier molecular flexibility index (Phi) is 6.16. The summed E-state index contributed by atoms with van der Waals surface area (Å²) in [6.45, 7) is 2.22. The predicted molar refractivity (Wildman–Crippen MR) is 130 cm³/mol. The lowest BCUT2D eigenvalue weighted by Gasteiger charge is -2.50. The summed E-state index contributed by atoms with van der Waals surface area (Å²) in [5, 5.41) is 0. The van der Waals surface area contributed by atoms with Crippen molar-refractivity contribution < 1.29 is 14.3 Å². The molecule has 0 spiro atoms. The lowest BCUT2D eigenvalue weighted by atomic mass is 9.54. The molecular weight excluding hydrogens is 408 g/mol. The van der Waals surface area contributed by atoms with Gasteiger partial charge in [-0.15, -0.1) is 0 Å². The Labute approximate surface area is 197 Å². The van der Waals surface area contributed by atoms with Gasteiger partial charge < -0.3 is 4.74 Å². The van der Waals surface area contributed by atoms with E-state index in [9.17, 15) is 9.59 Å². The second-order valence-electron chi connectivity index (χ2n) is 10.8. The first kappa shape index (κ1) is 22.4. The maximum Gasteiger partial charge on any atom is 0.305 e. The van der Waals surface area contributed by atoms with Crippen LogP contribution in [0.1, 0.15) is 73.6 Å². The summed E-state index contributed by atoms with van der Waals surface area (Å²) in [5.74, 6) is 2.12. The number of fused-ring (bicyclic) bond motifs is 5. The minimum absolute atomic E-state index is 0.152. The maximum atomic E-state index is 13.1. The fourth-order valence-electron chi connectivity index (χ4n) is 7.45. The molecule has 2 aromatic carbocycles. The van der Waals surface area contributed by atoms with Crippen LogP contribution in [0.25, 0.3) is 0 Å². The van der Waals surface area contributed by atoms with Crippen molar-refractivity contribution in [3.63, 3.8) is 0 Å². The van der Waals surface area contributed by atoms with Crippen LogP contribution in [0.3, 0.4) is 0 Å². The zero-order valence-electron chi connectivity index (χ0n) is 20.0. The largest absolute Gasteiger partial charge is 0.469 e. The number of esters is 1. The molecule has 0 unspecified atom stereocenters. The summed E-state index contributed by atoms with van der Waals surface area (Å²) in [4.78, 5) is 24.9.